The Morgan fingerprint density at radius 3 is 2.56 bits per heavy atom. The maximum atomic E-state index is 13.5. The lowest BCUT2D eigenvalue weighted by atomic mass is 9.99. The summed E-state index contributed by atoms with van der Waals surface area (Å²) in [5.41, 5.74) is 10.4. The number of fused-ring (bicyclic) bond motifs is 3. The number of rotatable bonds is 5. The molecule has 4 aliphatic heterocycles. The van der Waals surface area contributed by atoms with Crippen LogP contribution in [0.2, 0.25) is 0 Å². The number of likely N-dealkylation sites (tertiary alicyclic amines) is 1. The molecule has 0 aliphatic carbocycles. The standard InChI is InChI=1S/C27H36N10O2/c1-33-9-11-36(12-10-33)26-30-13-18(14-31-26)21-3-4-22-24(32-21)25-19(15-29-22)16-34(2)27(39)37(25)20-5-7-35(8-6-20)17-23(28)38/h3-4,13-15,20,26,30H,5-12,16-17H2,1-2H3,(H2,28,38). The Labute approximate surface area is 228 Å². The van der Waals surface area contributed by atoms with Crippen molar-refractivity contribution >= 4 is 40.4 Å². The molecule has 3 N–H and O–H groups in total. The molecule has 2 fully saturated rings. The first kappa shape index (κ1) is 25.7. The van der Waals surface area contributed by atoms with Gasteiger partial charge in [-0.1, -0.05) is 0 Å². The Morgan fingerprint density at radius 1 is 1.10 bits per heavy atom. The number of anilines is 1. The van der Waals surface area contributed by atoms with Crippen molar-refractivity contribution in [2.75, 3.05) is 64.8 Å². The van der Waals surface area contributed by atoms with Gasteiger partial charge in [0, 0.05) is 82.1 Å². The number of urea groups is 1. The van der Waals surface area contributed by atoms with Gasteiger partial charge in [-0.15, -0.1) is 0 Å². The summed E-state index contributed by atoms with van der Waals surface area (Å²) in [6.45, 7) is 6.16. The van der Waals surface area contributed by atoms with Crippen LogP contribution >= 0.6 is 0 Å². The maximum absolute atomic E-state index is 13.5. The van der Waals surface area contributed by atoms with Gasteiger partial charge >= 0.3 is 6.03 Å². The van der Waals surface area contributed by atoms with Crippen LogP contribution in [0.4, 0.5) is 10.5 Å². The highest BCUT2D eigenvalue weighted by atomic mass is 16.2. The molecule has 3 amide bonds. The minimum atomic E-state index is -0.328. The summed E-state index contributed by atoms with van der Waals surface area (Å²) in [5.74, 6) is -0.328. The minimum Gasteiger partial charge on any atom is -0.369 e. The van der Waals surface area contributed by atoms with E-state index in [1.807, 2.05) is 42.7 Å². The molecule has 12 heteroatoms. The van der Waals surface area contributed by atoms with Crippen LogP contribution in [0.25, 0.3) is 16.6 Å². The van der Waals surface area contributed by atoms with Crippen LogP contribution in [0.5, 0.6) is 0 Å². The van der Waals surface area contributed by atoms with Gasteiger partial charge in [0.05, 0.1) is 30.0 Å². The number of carbonyl (C=O) groups is 2. The second kappa shape index (κ2) is 10.5. The average molecular weight is 533 g/mol. The van der Waals surface area contributed by atoms with Gasteiger partial charge in [-0.05, 0) is 32.0 Å². The van der Waals surface area contributed by atoms with E-state index in [0.717, 1.165) is 72.6 Å². The highest BCUT2D eigenvalue weighted by molar-refractivity contribution is 6.11. The quantitative estimate of drug-likeness (QED) is 0.570. The van der Waals surface area contributed by atoms with Crippen LogP contribution in [0.3, 0.4) is 0 Å². The van der Waals surface area contributed by atoms with Gasteiger partial charge in [0.25, 0.3) is 0 Å². The van der Waals surface area contributed by atoms with E-state index in [1.165, 1.54) is 0 Å². The lowest BCUT2D eigenvalue weighted by Gasteiger charge is -2.43. The summed E-state index contributed by atoms with van der Waals surface area (Å²) in [6.07, 6.45) is 7.18. The number of pyridine rings is 2. The molecular formula is C27H36N10O2. The third kappa shape index (κ3) is 5.07. The van der Waals surface area contributed by atoms with Crippen LogP contribution < -0.4 is 16.0 Å². The second-order valence-corrected chi connectivity index (χ2v) is 10.9. The first-order valence-electron chi connectivity index (χ1n) is 13.6. The smallest absolute Gasteiger partial charge is 0.324 e. The third-order valence-corrected chi connectivity index (χ3v) is 8.17. The van der Waals surface area contributed by atoms with Crippen LogP contribution in [0, 0.1) is 0 Å². The van der Waals surface area contributed by atoms with Crippen LogP contribution in [0.1, 0.15) is 24.1 Å². The molecule has 6 rings (SSSR count). The molecule has 0 aromatic carbocycles. The monoisotopic (exact) mass is 532 g/mol. The molecule has 0 bridgehead atoms. The van der Waals surface area contributed by atoms with Gasteiger partial charge in [0.1, 0.15) is 5.52 Å². The molecular weight excluding hydrogens is 496 g/mol. The SMILES string of the molecule is CN1CCN(C2N=CC(c3ccc4ncc5c(c4n3)N(C3CCN(CC(N)=O)CC3)C(=O)N(C)C5)=CN2)CC1. The maximum Gasteiger partial charge on any atom is 0.324 e. The van der Waals surface area contributed by atoms with E-state index in [9.17, 15) is 9.59 Å². The fourth-order valence-electron chi connectivity index (χ4n) is 5.94. The minimum absolute atomic E-state index is 0.000605. The average Bonchev–Trinajstić information content (AvgIpc) is 2.94. The number of aliphatic imine (C=N–C) groups is 1. The van der Waals surface area contributed by atoms with E-state index < -0.39 is 0 Å². The van der Waals surface area contributed by atoms with E-state index in [4.69, 9.17) is 15.7 Å². The number of piperazine rings is 1. The zero-order valence-corrected chi connectivity index (χ0v) is 22.6. The number of nitrogens with zero attached hydrogens (tertiary/aromatic N) is 8. The van der Waals surface area contributed by atoms with Gasteiger partial charge in [-0.25, -0.2) is 9.78 Å². The number of allylic oxidation sites excluding steroid dienone is 1. The van der Waals surface area contributed by atoms with Crippen molar-refractivity contribution < 1.29 is 9.59 Å². The molecule has 2 aromatic rings. The number of primary amides is 1. The van der Waals surface area contributed by atoms with Crippen LogP contribution in [-0.2, 0) is 11.3 Å². The summed E-state index contributed by atoms with van der Waals surface area (Å²) in [6, 6.07) is 3.89. The predicted molar refractivity (Wildman–Crippen MR) is 150 cm³/mol. The zero-order valence-electron chi connectivity index (χ0n) is 22.6. The van der Waals surface area contributed by atoms with Crippen molar-refractivity contribution in [1.29, 1.82) is 0 Å². The molecule has 4 aliphatic rings. The number of carbonyl (C=O) groups excluding carboxylic acids is 2. The van der Waals surface area contributed by atoms with Crippen LogP contribution in [0.15, 0.2) is 29.5 Å². The Bertz CT molecular complexity index is 1330. The fourth-order valence-corrected chi connectivity index (χ4v) is 5.94. The van der Waals surface area contributed by atoms with Gasteiger partial charge in [-0.3, -0.25) is 29.5 Å². The third-order valence-electron chi connectivity index (χ3n) is 8.17. The molecule has 1 unspecified atom stereocenters. The Morgan fingerprint density at radius 2 is 1.87 bits per heavy atom. The lowest BCUT2D eigenvalue weighted by molar-refractivity contribution is -0.119. The molecule has 2 aromatic heterocycles. The molecule has 1 atom stereocenters. The Kier molecular flexibility index (Phi) is 6.92. The summed E-state index contributed by atoms with van der Waals surface area (Å²) in [5, 5.41) is 3.44. The number of nitrogens with one attached hydrogen (secondary N) is 1. The van der Waals surface area contributed by atoms with Crippen molar-refractivity contribution in [3.8, 4) is 0 Å². The highest BCUT2D eigenvalue weighted by Crippen LogP contribution is 2.37. The van der Waals surface area contributed by atoms with E-state index in [-0.39, 0.29) is 30.8 Å². The van der Waals surface area contributed by atoms with Crippen LogP contribution in [-0.4, -0.2) is 120 Å². The second-order valence-electron chi connectivity index (χ2n) is 10.9. The number of piperidine rings is 1. The number of aromatic nitrogens is 2. The number of hydrogen-bond donors (Lipinski definition) is 2. The topological polar surface area (TPSA) is 127 Å². The molecule has 0 spiro atoms. The molecule has 2 saturated heterocycles. The summed E-state index contributed by atoms with van der Waals surface area (Å²) in [7, 11) is 3.96. The molecule has 206 valence electrons. The first-order chi connectivity index (χ1) is 18.9. The summed E-state index contributed by atoms with van der Waals surface area (Å²) in [4.78, 5) is 49.8. The highest BCUT2D eigenvalue weighted by Gasteiger charge is 2.37. The predicted octanol–water partition coefficient (Wildman–Crippen LogP) is 0.497. The summed E-state index contributed by atoms with van der Waals surface area (Å²) >= 11 is 0. The van der Waals surface area contributed by atoms with E-state index in [0.29, 0.717) is 19.6 Å². The number of hydrogen-bond acceptors (Lipinski definition) is 9. The number of likely N-dealkylation sites (N-methyl/N-ethyl adjacent to an activating group) is 1. The van der Waals surface area contributed by atoms with E-state index >= 15 is 0 Å². The first-order valence-corrected chi connectivity index (χ1v) is 13.6. The Balaban J connectivity index is 1.29. The molecule has 39 heavy (non-hydrogen) atoms. The van der Waals surface area contributed by atoms with E-state index in [2.05, 4.69) is 32.0 Å². The van der Waals surface area contributed by atoms with Crippen molar-refractivity contribution in [1.82, 2.24) is 34.9 Å². The molecule has 0 radical (unpaired) electrons. The lowest BCUT2D eigenvalue weighted by Crippen LogP contribution is -2.54. The molecule has 12 nitrogen and oxygen atoms in total. The van der Waals surface area contributed by atoms with Crippen molar-refractivity contribution in [2.24, 2.45) is 10.7 Å². The van der Waals surface area contributed by atoms with E-state index in [1.54, 1.807) is 4.90 Å². The molecule has 0 saturated carbocycles. The van der Waals surface area contributed by atoms with Gasteiger partial charge in [0.2, 0.25) is 5.91 Å². The Hall–Kier alpha value is -3.61. The van der Waals surface area contributed by atoms with Crippen molar-refractivity contribution in [3.63, 3.8) is 0 Å². The summed E-state index contributed by atoms with van der Waals surface area (Å²) < 4.78 is 0. The van der Waals surface area contributed by atoms with Gasteiger partial charge < -0.3 is 20.9 Å². The fraction of sp³-hybridized carbons (Fsp3) is 0.519. The van der Waals surface area contributed by atoms with Gasteiger partial charge in [0.15, 0.2) is 6.29 Å². The molecule has 6 heterocycles. The number of amides is 3. The largest absolute Gasteiger partial charge is 0.369 e. The van der Waals surface area contributed by atoms with Gasteiger partial charge in [-0.2, -0.15) is 0 Å². The number of nitrogens with two attached hydrogens (primary N) is 1. The normalized spacial score (nSPS) is 23.6. The van der Waals surface area contributed by atoms with Crippen molar-refractivity contribution in [2.45, 2.75) is 31.7 Å². The van der Waals surface area contributed by atoms with Crippen molar-refractivity contribution in [3.05, 3.63) is 35.8 Å². The zero-order chi connectivity index (χ0) is 27.1.